The van der Waals surface area contributed by atoms with Crippen LogP contribution in [0.2, 0.25) is 0 Å². The first-order valence-corrected chi connectivity index (χ1v) is 7.09. The minimum absolute atomic E-state index is 0.0367. The number of aromatic amines is 1. The Morgan fingerprint density at radius 1 is 1.26 bits per heavy atom. The average Bonchev–Trinajstić information content (AvgIpc) is 2.54. The summed E-state index contributed by atoms with van der Waals surface area (Å²) in [6, 6.07) is 0. The molecule has 2 aromatic rings. The minimum atomic E-state index is -1.29. The molecule has 0 aromatic carbocycles. The van der Waals surface area contributed by atoms with E-state index in [0.717, 1.165) is 6.20 Å². The van der Waals surface area contributed by atoms with E-state index in [1.807, 2.05) is 4.90 Å². The molecule has 23 heavy (non-hydrogen) atoms. The number of hydrogen-bond acceptors (Lipinski definition) is 6. The molecule has 2 aromatic heterocycles. The van der Waals surface area contributed by atoms with Crippen LogP contribution in [0.15, 0.2) is 17.2 Å². The first-order valence-electron chi connectivity index (χ1n) is 7.09. The van der Waals surface area contributed by atoms with Crippen LogP contribution in [0.5, 0.6) is 0 Å². The van der Waals surface area contributed by atoms with Gasteiger partial charge in [-0.15, -0.1) is 0 Å². The molecule has 0 unspecified atom stereocenters. The topological polar surface area (TPSA) is 119 Å². The van der Waals surface area contributed by atoms with Crippen molar-refractivity contribution < 1.29 is 14.7 Å². The Balaban J connectivity index is 1.90. The maximum Gasteiger partial charge on any atom is 0.341 e. The lowest BCUT2D eigenvalue weighted by Gasteiger charge is -2.34. The normalized spacial score (nSPS) is 15.0. The van der Waals surface area contributed by atoms with Crippen LogP contribution in [0.3, 0.4) is 0 Å². The molecule has 0 spiro atoms. The molecule has 0 saturated carbocycles. The molecule has 1 amide bonds. The van der Waals surface area contributed by atoms with Gasteiger partial charge in [-0.2, -0.15) is 4.98 Å². The van der Waals surface area contributed by atoms with Crippen molar-refractivity contribution in [3.05, 3.63) is 28.2 Å². The Morgan fingerprint density at radius 3 is 2.57 bits per heavy atom. The van der Waals surface area contributed by atoms with Crippen LogP contribution in [-0.4, -0.2) is 63.0 Å². The van der Waals surface area contributed by atoms with E-state index in [1.165, 1.54) is 13.1 Å². The highest BCUT2D eigenvalue weighted by molar-refractivity contribution is 5.91. The highest BCUT2D eigenvalue weighted by Crippen LogP contribution is 2.14. The van der Waals surface area contributed by atoms with Gasteiger partial charge in [0.1, 0.15) is 11.2 Å². The van der Waals surface area contributed by atoms with Crippen molar-refractivity contribution in [2.45, 2.75) is 6.92 Å². The molecule has 0 bridgehead atoms. The number of hydrogen-bond donors (Lipinski definition) is 2. The predicted octanol–water partition coefficient (Wildman–Crippen LogP) is -0.315. The van der Waals surface area contributed by atoms with Crippen molar-refractivity contribution in [1.82, 2.24) is 19.9 Å². The lowest BCUT2D eigenvalue weighted by Crippen LogP contribution is -2.48. The lowest BCUT2D eigenvalue weighted by atomic mass is 10.2. The third-order valence-corrected chi connectivity index (χ3v) is 3.86. The summed E-state index contributed by atoms with van der Waals surface area (Å²) in [6.45, 7) is 3.91. The van der Waals surface area contributed by atoms with Crippen molar-refractivity contribution >= 4 is 28.9 Å². The smallest absolute Gasteiger partial charge is 0.341 e. The van der Waals surface area contributed by atoms with Gasteiger partial charge >= 0.3 is 5.97 Å². The number of rotatable bonds is 2. The number of pyridine rings is 1. The second kappa shape index (κ2) is 5.67. The fourth-order valence-electron chi connectivity index (χ4n) is 2.53. The van der Waals surface area contributed by atoms with E-state index in [1.54, 1.807) is 4.90 Å². The molecule has 2 N–H and O–H groups in total. The van der Waals surface area contributed by atoms with Crippen molar-refractivity contribution in [3.63, 3.8) is 0 Å². The van der Waals surface area contributed by atoms with Gasteiger partial charge in [0.25, 0.3) is 0 Å². The van der Waals surface area contributed by atoms with Crippen LogP contribution in [0, 0.1) is 0 Å². The van der Waals surface area contributed by atoms with E-state index >= 15 is 0 Å². The van der Waals surface area contributed by atoms with Crippen LogP contribution < -0.4 is 10.3 Å². The molecule has 0 aliphatic carbocycles. The first-order chi connectivity index (χ1) is 11.0. The summed E-state index contributed by atoms with van der Waals surface area (Å²) in [6.07, 6.45) is 2.47. The van der Waals surface area contributed by atoms with Gasteiger partial charge in [-0.1, -0.05) is 0 Å². The number of nitrogens with zero attached hydrogens (tertiary/aromatic N) is 4. The molecule has 3 rings (SSSR count). The van der Waals surface area contributed by atoms with Crippen LogP contribution >= 0.6 is 0 Å². The van der Waals surface area contributed by atoms with Crippen LogP contribution in [-0.2, 0) is 4.79 Å². The van der Waals surface area contributed by atoms with Gasteiger partial charge in [0.15, 0.2) is 0 Å². The Labute approximate surface area is 130 Å². The van der Waals surface area contributed by atoms with E-state index in [9.17, 15) is 14.4 Å². The molecule has 1 aliphatic heterocycles. The molecule has 1 fully saturated rings. The molecule has 0 radical (unpaired) electrons. The SMILES string of the molecule is CC(=O)N1CCN(c2ncc3c(=O)c(C(=O)O)c[nH]c3n2)CC1. The van der Waals surface area contributed by atoms with E-state index in [-0.39, 0.29) is 16.9 Å². The van der Waals surface area contributed by atoms with Crippen molar-refractivity contribution in [2.75, 3.05) is 31.1 Å². The number of aromatic carboxylic acids is 1. The fourth-order valence-corrected chi connectivity index (χ4v) is 2.53. The van der Waals surface area contributed by atoms with Gasteiger partial charge < -0.3 is 19.9 Å². The summed E-state index contributed by atoms with van der Waals surface area (Å²) in [4.78, 5) is 49.2. The number of carboxylic acid groups (broad SMARTS) is 1. The monoisotopic (exact) mass is 317 g/mol. The lowest BCUT2D eigenvalue weighted by molar-refractivity contribution is -0.129. The van der Waals surface area contributed by atoms with Gasteiger partial charge in [0.2, 0.25) is 17.3 Å². The maximum absolute atomic E-state index is 12.0. The fraction of sp³-hybridized carbons (Fsp3) is 0.357. The zero-order valence-electron chi connectivity index (χ0n) is 12.4. The second-order valence-electron chi connectivity index (χ2n) is 5.26. The third-order valence-electron chi connectivity index (χ3n) is 3.86. The molecule has 1 aliphatic rings. The van der Waals surface area contributed by atoms with Gasteiger partial charge in [0, 0.05) is 45.5 Å². The van der Waals surface area contributed by atoms with E-state index in [0.29, 0.717) is 37.8 Å². The zero-order valence-corrected chi connectivity index (χ0v) is 12.4. The van der Waals surface area contributed by atoms with Crippen molar-refractivity contribution in [3.8, 4) is 0 Å². The molecular formula is C14H15N5O4. The van der Waals surface area contributed by atoms with Crippen molar-refractivity contribution in [2.24, 2.45) is 0 Å². The van der Waals surface area contributed by atoms with Crippen LogP contribution in [0.25, 0.3) is 11.0 Å². The molecule has 1 saturated heterocycles. The van der Waals surface area contributed by atoms with Gasteiger partial charge in [0.05, 0.1) is 5.39 Å². The Hall–Kier alpha value is -2.97. The van der Waals surface area contributed by atoms with E-state index in [4.69, 9.17) is 5.11 Å². The van der Waals surface area contributed by atoms with E-state index < -0.39 is 11.4 Å². The molecule has 0 atom stereocenters. The number of aromatic nitrogens is 3. The molecule has 120 valence electrons. The number of carbonyl (C=O) groups is 2. The molecule has 9 nitrogen and oxygen atoms in total. The highest BCUT2D eigenvalue weighted by Gasteiger charge is 2.21. The number of carboxylic acids is 1. The largest absolute Gasteiger partial charge is 0.477 e. The standard InChI is InChI=1S/C14H15N5O4/c1-8(20)18-2-4-19(5-3-18)14-16-6-9-11(21)10(13(22)23)7-15-12(9)17-14/h6-7H,2-5H2,1H3,(H,22,23)(H,15,16,17,21). The summed E-state index contributed by atoms with van der Waals surface area (Å²) in [5, 5.41) is 9.09. The maximum atomic E-state index is 12.0. The number of piperazine rings is 1. The quantitative estimate of drug-likeness (QED) is 0.779. The zero-order chi connectivity index (χ0) is 16.6. The van der Waals surface area contributed by atoms with Crippen LogP contribution in [0.4, 0.5) is 5.95 Å². The summed E-state index contributed by atoms with van der Waals surface area (Å²) in [5.41, 5.74) is -0.665. The molecule has 3 heterocycles. The Kier molecular flexibility index (Phi) is 3.68. The summed E-state index contributed by atoms with van der Waals surface area (Å²) >= 11 is 0. The number of fused-ring (bicyclic) bond motifs is 1. The number of nitrogens with one attached hydrogen (secondary N) is 1. The summed E-state index contributed by atoms with van der Waals surface area (Å²) in [7, 11) is 0. The third kappa shape index (κ3) is 2.72. The van der Waals surface area contributed by atoms with Crippen LogP contribution in [0.1, 0.15) is 17.3 Å². The predicted molar refractivity (Wildman–Crippen MR) is 81.6 cm³/mol. The van der Waals surface area contributed by atoms with Gasteiger partial charge in [-0.3, -0.25) is 9.59 Å². The number of anilines is 1. The second-order valence-corrected chi connectivity index (χ2v) is 5.26. The average molecular weight is 317 g/mol. The van der Waals surface area contributed by atoms with Gasteiger partial charge in [-0.05, 0) is 0 Å². The highest BCUT2D eigenvalue weighted by atomic mass is 16.4. The number of amides is 1. The first kappa shape index (κ1) is 14.9. The Bertz CT molecular complexity index is 839. The molecular weight excluding hydrogens is 302 g/mol. The summed E-state index contributed by atoms with van der Waals surface area (Å²) in [5.74, 6) is -0.813. The summed E-state index contributed by atoms with van der Waals surface area (Å²) < 4.78 is 0. The van der Waals surface area contributed by atoms with Crippen molar-refractivity contribution in [1.29, 1.82) is 0 Å². The van der Waals surface area contributed by atoms with E-state index in [2.05, 4.69) is 15.0 Å². The number of carbonyl (C=O) groups excluding carboxylic acids is 1. The number of H-pyrrole nitrogens is 1. The minimum Gasteiger partial charge on any atom is -0.477 e. The molecule has 9 heteroatoms. The van der Waals surface area contributed by atoms with Gasteiger partial charge in [-0.25, -0.2) is 9.78 Å². The Morgan fingerprint density at radius 2 is 1.96 bits per heavy atom.